The van der Waals surface area contributed by atoms with E-state index in [4.69, 9.17) is 25.8 Å². The highest BCUT2D eigenvalue weighted by Gasteiger charge is 2.26. The Hall–Kier alpha value is -2.93. The minimum Gasteiger partial charge on any atom is -0.454 e. The van der Waals surface area contributed by atoms with Crippen LogP contribution >= 0.6 is 11.6 Å². The first kappa shape index (κ1) is 16.5. The van der Waals surface area contributed by atoms with Crippen LogP contribution in [0, 0.1) is 0 Å². The van der Waals surface area contributed by atoms with Crippen LogP contribution in [0.25, 0.3) is 0 Å². The van der Waals surface area contributed by atoms with Crippen molar-refractivity contribution in [3.8, 4) is 17.2 Å². The number of fused-ring (bicyclic) bond motifs is 2. The van der Waals surface area contributed by atoms with Crippen molar-refractivity contribution in [2.45, 2.75) is 6.54 Å². The van der Waals surface area contributed by atoms with Crippen molar-refractivity contribution in [3.05, 3.63) is 47.0 Å². The van der Waals surface area contributed by atoms with Crippen LogP contribution in [0.4, 0.5) is 5.69 Å². The van der Waals surface area contributed by atoms with Gasteiger partial charge in [-0.05, 0) is 35.9 Å². The van der Waals surface area contributed by atoms with Crippen LogP contribution in [0.5, 0.6) is 17.2 Å². The van der Waals surface area contributed by atoms with Crippen molar-refractivity contribution in [2.75, 3.05) is 24.8 Å². The van der Waals surface area contributed by atoms with Crippen LogP contribution in [0.3, 0.4) is 0 Å². The summed E-state index contributed by atoms with van der Waals surface area (Å²) in [5.74, 6) is 1.13. The molecule has 0 fully saturated rings. The van der Waals surface area contributed by atoms with Crippen LogP contribution in [0.15, 0.2) is 36.4 Å². The Morgan fingerprint density at radius 1 is 1.12 bits per heavy atom. The summed E-state index contributed by atoms with van der Waals surface area (Å²) in [4.78, 5) is 25.7. The van der Waals surface area contributed by atoms with Crippen LogP contribution in [0.2, 0.25) is 5.02 Å². The number of hydrogen-bond acceptors (Lipinski definition) is 6. The maximum absolute atomic E-state index is 12.3. The Morgan fingerprint density at radius 2 is 1.92 bits per heavy atom. The van der Waals surface area contributed by atoms with Crippen molar-refractivity contribution < 1.29 is 23.8 Å². The second-order valence-corrected chi connectivity index (χ2v) is 6.34. The second kappa shape index (κ2) is 6.76. The average molecular weight is 375 g/mol. The van der Waals surface area contributed by atoms with E-state index >= 15 is 0 Å². The SMILES string of the molecule is O=C(CN1CC(=O)Oc2ccc(Cl)cc21)NCc1ccc2c(c1)OCO2. The molecule has 0 aliphatic carbocycles. The molecule has 2 aromatic carbocycles. The average Bonchev–Trinajstić information content (AvgIpc) is 3.08. The van der Waals surface area contributed by atoms with Gasteiger partial charge in [-0.15, -0.1) is 0 Å². The van der Waals surface area contributed by atoms with Crippen molar-refractivity contribution >= 4 is 29.2 Å². The Labute approximate surface area is 154 Å². The van der Waals surface area contributed by atoms with Gasteiger partial charge in [-0.1, -0.05) is 17.7 Å². The molecule has 0 spiro atoms. The lowest BCUT2D eigenvalue weighted by Crippen LogP contribution is -2.43. The quantitative estimate of drug-likeness (QED) is 0.652. The predicted octanol–water partition coefficient (Wildman–Crippen LogP) is 2.11. The fourth-order valence-corrected chi connectivity index (χ4v) is 3.01. The van der Waals surface area contributed by atoms with Gasteiger partial charge in [0, 0.05) is 11.6 Å². The molecule has 134 valence electrons. The zero-order valence-corrected chi connectivity index (χ0v) is 14.4. The summed E-state index contributed by atoms with van der Waals surface area (Å²) in [7, 11) is 0. The molecule has 0 radical (unpaired) electrons. The number of nitrogens with zero attached hydrogens (tertiary/aromatic N) is 1. The Bertz CT molecular complexity index is 886. The van der Waals surface area contributed by atoms with E-state index in [9.17, 15) is 9.59 Å². The van der Waals surface area contributed by atoms with Gasteiger partial charge in [-0.3, -0.25) is 4.79 Å². The Morgan fingerprint density at radius 3 is 2.81 bits per heavy atom. The summed E-state index contributed by atoms with van der Waals surface area (Å²) in [5, 5.41) is 3.34. The van der Waals surface area contributed by atoms with Gasteiger partial charge < -0.3 is 24.4 Å². The largest absolute Gasteiger partial charge is 0.454 e. The van der Waals surface area contributed by atoms with Gasteiger partial charge in [0.05, 0.1) is 12.2 Å². The van der Waals surface area contributed by atoms with Crippen LogP contribution in [0.1, 0.15) is 5.56 Å². The molecular weight excluding hydrogens is 360 g/mol. The molecule has 0 saturated carbocycles. The standard InChI is InChI=1S/C18H15ClN2O5/c19-12-2-4-14-13(6-12)21(9-18(23)26-14)8-17(22)20-7-11-1-3-15-16(5-11)25-10-24-15/h1-6H,7-10H2,(H,20,22). The number of carbonyl (C=O) groups excluding carboxylic acids is 2. The fourth-order valence-electron chi connectivity index (χ4n) is 2.84. The van der Waals surface area contributed by atoms with Crippen LogP contribution in [-0.4, -0.2) is 31.8 Å². The van der Waals surface area contributed by atoms with Crippen molar-refractivity contribution in [1.82, 2.24) is 5.32 Å². The molecule has 0 atom stereocenters. The molecule has 2 aliphatic heterocycles. The van der Waals surface area contributed by atoms with Gasteiger partial charge in [0.1, 0.15) is 6.54 Å². The first-order chi connectivity index (χ1) is 12.6. The van der Waals surface area contributed by atoms with E-state index in [1.165, 1.54) is 0 Å². The van der Waals surface area contributed by atoms with E-state index < -0.39 is 5.97 Å². The lowest BCUT2D eigenvalue weighted by molar-refractivity contribution is -0.133. The molecule has 1 N–H and O–H groups in total. The molecular formula is C18H15ClN2O5. The Kier molecular flexibility index (Phi) is 4.30. The summed E-state index contributed by atoms with van der Waals surface area (Å²) in [5.41, 5.74) is 1.51. The number of anilines is 1. The first-order valence-electron chi connectivity index (χ1n) is 7.99. The predicted molar refractivity (Wildman–Crippen MR) is 93.7 cm³/mol. The fraction of sp³-hybridized carbons (Fsp3) is 0.222. The number of amides is 1. The van der Waals surface area contributed by atoms with Crippen LogP contribution in [-0.2, 0) is 16.1 Å². The first-order valence-corrected chi connectivity index (χ1v) is 8.37. The molecule has 7 nitrogen and oxygen atoms in total. The molecule has 0 unspecified atom stereocenters. The van der Waals surface area contributed by atoms with Crippen molar-refractivity contribution in [2.24, 2.45) is 0 Å². The van der Waals surface area contributed by atoms with Gasteiger partial charge in [-0.25, -0.2) is 4.79 Å². The smallest absolute Gasteiger partial charge is 0.331 e. The number of benzene rings is 2. The molecule has 8 heteroatoms. The van der Waals surface area contributed by atoms with E-state index in [1.54, 1.807) is 23.1 Å². The van der Waals surface area contributed by atoms with E-state index in [0.29, 0.717) is 34.5 Å². The zero-order chi connectivity index (χ0) is 18.1. The van der Waals surface area contributed by atoms with Gasteiger partial charge in [-0.2, -0.15) is 0 Å². The molecule has 0 aromatic heterocycles. The van der Waals surface area contributed by atoms with Gasteiger partial charge in [0.15, 0.2) is 17.2 Å². The Balaban J connectivity index is 1.41. The summed E-state index contributed by atoms with van der Waals surface area (Å²) < 4.78 is 15.8. The number of hydrogen-bond donors (Lipinski definition) is 1. The van der Waals surface area contributed by atoms with Gasteiger partial charge in [0.25, 0.3) is 0 Å². The number of ether oxygens (including phenoxy) is 3. The lowest BCUT2D eigenvalue weighted by atomic mass is 10.2. The van der Waals surface area contributed by atoms with Gasteiger partial charge >= 0.3 is 5.97 Å². The monoisotopic (exact) mass is 374 g/mol. The number of halogens is 1. The number of nitrogens with one attached hydrogen (secondary N) is 1. The zero-order valence-electron chi connectivity index (χ0n) is 13.7. The second-order valence-electron chi connectivity index (χ2n) is 5.91. The number of rotatable bonds is 4. The van der Waals surface area contributed by atoms with Crippen molar-refractivity contribution in [1.29, 1.82) is 0 Å². The summed E-state index contributed by atoms with van der Waals surface area (Å²) in [6, 6.07) is 10.4. The van der Waals surface area contributed by atoms with E-state index in [-0.39, 0.29) is 25.8 Å². The third-order valence-corrected chi connectivity index (χ3v) is 4.30. The van der Waals surface area contributed by atoms with E-state index in [2.05, 4.69) is 5.32 Å². The summed E-state index contributed by atoms with van der Waals surface area (Å²) in [6.07, 6.45) is 0. The third-order valence-electron chi connectivity index (χ3n) is 4.07. The maximum atomic E-state index is 12.3. The molecule has 0 saturated heterocycles. The third kappa shape index (κ3) is 3.39. The minimum absolute atomic E-state index is 0.00914. The molecule has 2 heterocycles. The highest BCUT2D eigenvalue weighted by Crippen LogP contribution is 2.34. The van der Waals surface area contributed by atoms with Crippen molar-refractivity contribution in [3.63, 3.8) is 0 Å². The van der Waals surface area contributed by atoms with Gasteiger partial charge in [0.2, 0.25) is 12.7 Å². The normalized spacial score (nSPS) is 14.7. The topological polar surface area (TPSA) is 77.1 Å². The molecule has 2 aliphatic rings. The van der Waals surface area contributed by atoms with Crippen LogP contribution < -0.4 is 24.4 Å². The highest BCUT2D eigenvalue weighted by molar-refractivity contribution is 6.31. The summed E-state index contributed by atoms with van der Waals surface area (Å²) in [6.45, 7) is 0.562. The van der Waals surface area contributed by atoms with E-state index in [0.717, 1.165) is 5.56 Å². The highest BCUT2D eigenvalue weighted by atomic mass is 35.5. The molecule has 0 bridgehead atoms. The molecule has 2 aromatic rings. The molecule has 1 amide bonds. The number of esters is 1. The molecule has 26 heavy (non-hydrogen) atoms. The number of carbonyl (C=O) groups is 2. The minimum atomic E-state index is -0.414. The molecule has 4 rings (SSSR count). The maximum Gasteiger partial charge on any atom is 0.331 e. The summed E-state index contributed by atoms with van der Waals surface area (Å²) >= 11 is 6.01. The lowest BCUT2D eigenvalue weighted by Gasteiger charge is -2.29. The van der Waals surface area contributed by atoms with E-state index in [1.807, 2.05) is 18.2 Å².